The second kappa shape index (κ2) is 10.7. The molecule has 6 rings (SSSR count). The number of thioether (sulfide) groups is 1. The van der Waals surface area contributed by atoms with Crippen LogP contribution in [0.3, 0.4) is 0 Å². The number of hydrogen-bond acceptors (Lipinski definition) is 6. The Hall–Kier alpha value is -3.10. The Kier molecular flexibility index (Phi) is 7.25. The van der Waals surface area contributed by atoms with E-state index in [-0.39, 0.29) is 24.4 Å². The summed E-state index contributed by atoms with van der Waals surface area (Å²) in [5.41, 5.74) is 0.782. The number of unbranched alkanes of at least 4 members (excludes halogenated alkanes) is 1. The van der Waals surface area contributed by atoms with Gasteiger partial charge < -0.3 is 19.6 Å². The fourth-order valence-electron chi connectivity index (χ4n) is 7.01. The highest BCUT2D eigenvalue weighted by molar-refractivity contribution is 8.02. The third-order valence-corrected chi connectivity index (χ3v) is 10.6. The molecule has 2 aromatic carbocycles. The molecule has 2 amide bonds. The first-order valence-corrected chi connectivity index (χ1v) is 15.1. The minimum absolute atomic E-state index is 0.0187. The van der Waals surface area contributed by atoms with Crippen molar-refractivity contribution < 1.29 is 24.2 Å². The molecule has 5 atom stereocenters. The second-order valence-electron chi connectivity index (χ2n) is 11.4. The van der Waals surface area contributed by atoms with Crippen molar-refractivity contribution in [1.29, 1.82) is 0 Å². The lowest BCUT2D eigenvalue weighted by molar-refractivity contribution is -0.154. The number of nitrogens with zero attached hydrogens (tertiary/aromatic N) is 2. The summed E-state index contributed by atoms with van der Waals surface area (Å²) in [5, 5.41) is 11.6. The zero-order valence-electron chi connectivity index (χ0n) is 22.8. The highest BCUT2D eigenvalue weighted by Gasteiger charge is 2.73. The molecule has 2 aromatic rings. The van der Waals surface area contributed by atoms with Crippen molar-refractivity contribution in [3.8, 4) is 0 Å². The van der Waals surface area contributed by atoms with Crippen LogP contribution in [-0.2, 0) is 19.1 Å². The predicted molar refractivity (Wildman–Crippen MR) is 157 cm³/mol. The van der Waals surface area contributed by atoms with Gasteiger partial charge in [0.1, 0.15) is 6.04 Å². The Bertz CT molecular complexity index is 1390. The van der Waals surface area contributed by atoms with Crippen molar-refractivity contribution in [2.45, 2.75) is 54.6 Å². The minimum atomic E-state index is -0.907. The molecule has 2 fully saturated rings. The molecule has 0 aliphatic carbocycles. The number of benzene rings is 2. The van der Waals surface area contributed by atoms with Crippen molar-refractivity contribution in [3.63, 3.8) is 0 Å². The van der Waals surface area contributed by atoms with Gasteiger partial charge in [0.05, 0.1) is 23.2 Å². The molecule has 8 heteroatoms. The molecule has 0 radical (unpaired) electrons. The van der Waals surface area contributed by atoms with Gasteiger partial charge in [0.15, 0.2) is 0 Å². The number of carbonyl (C=O) groups excluding carboxylic acids is 3. The van der Waals surface area contributed by atoms with Crippen molar-refractivity contribution >= 4 is 46.0 Å². The van der Waals surface area contributed by atoms with Gasteiger partial charge in [-0.25, -0.2) is 0 Å². The van der Waals surface area contributed by atoms with E-state index < -0.39 is 27.4 Å². The zero-order valence-corrected chi connectivity index (χ0v) is 23.6. The summed E-state index contributed by atoms with van der Waals surface area (Å²) in [7, 11) is 0. The summed E-state index contributed by atoms with van der Waals surface area (Å²) >= 11 is 1.57. The number of aliphatic hydroxyl groups is 1. The maximum atomic E-state index is 14.6. The lowest BCUT2D eigenvalue weighted by Crippen LogP contribution is -2.53. The molecule has 4 aliphatic rings. The molecule has 0 saturated carbocycles. The highest BCUT2D eigenvalue weighted by Crippen LogP contribution is 2.65. The van der Waals surface area contributed by atoms with E-state index >= 15 is 0 Å². The number of rotatable bonds is 5. The van der Waals surface area contributed by atoms with Gasteiger partial charge in [-0.2, -0.15) is 0 Å². The average molecular weight is 561 g/mol. The summed E-state index contributed by atoms with van der Waals surface area (Å²) in [4.78, 5) is 46.0. The van der Waals surface area contributed by atoms with Crippen molar-refractivity contribution in [2.75, 3.05) is 31.2 Å². The molecule has 4 aliphatic heterocycles. The van der Waals surface area contributed by atoms with E-state index in [9.17, 15) is 19.5 Å². The largest absolute Gasteiger partial charge is 0.465 e. The molecule has 1 N–H and O–H groups in total. The Labute approximate surface area is 239 Å². The first-order valence-electron chi connectivity index (χ1n) is 14.3. The van der Waals surface area contributed by atoms with Gasteiger partial charge in [0.2, 0.25) is 5.91 Å². The number of fused-ring (bicyclic) bond motifs is 3. The van der Waals surface area contributed by atoms with Crippen LogP contribution in [0.5, 0.6) is 0 Å². The van der Waals surface area contributed by atoms with Gasteiger partial charge in [0.25, 0.3) is 5.91 Å². The molecule has 4 heterocycles. The summed E-state index contributed by atoms with van der Waals surface area (Å²) in [6.07, 6.45) is 11.9. The van der Waals surface area contributed by atoms with E-state index in [1.807, 2.05) is 61.5 Å². The Balaban J connectivity index is 1.45. The number of allylic oxidation sites excluding steroid dienone is 1. The molecule has 1 spiro atoms. The fourth-order valence-corrected chi connectivity index (χ4v) is 9.16. The molecule has 2 saturated heterocycles. The maximum Gasteiger partial charge on any atom is 0.311 e. The predicted octanol–water partition coefficient (Wildman–Crippen LogP) is 4.49. The number of ether oxygens (including phenoxy) is 1. The van der Waals surface area contributed by atoms with Gasteiger partial charge in [-0.1, -0.05) is 54.6 Å². The first-order chi connectivity index (χ1) is 19.4. The summed E-state index contributed by atoms with van der Waals surface area (Å²) in [6, 6.07) is 13.3. The lowest BCUT2D eigenvalue weighted by atomic mass is 9.74. The van der Waals surface area contributed by atoms with Crippen LogP contribution in [0.4, 0.5) is 5.69 Å². The number of esters is 1. The summed E-state index contributed by atoms with van der Waals surface area (Å²) in [5.74, 6) is -2.09. The summed E-state index contributed by atoms with van der Waals surface area (Å²) in [6.45, 7) is 3.10. The van der Waals surface area contributed by atoms with Crippen LogP contribution >= 0.6 is 11.8 Å². The molecular formula is C32H36N2O5S. The number of carbonyl (C=O) groups is 3. The Morgan fingerprint density at radius 3 is 2.62 bits per heavy atom. The highest BCUT2D eigenvalue weighted by atomic mass is 32.2. The lowest BCUT2D eigenvalue weighted by Gasteiger charge is -2.37. The van der Waals surface area contributed by atoms with Gasteiger partial charge in [0, 0.05) is 30.1 Å². The van der Waals surface area contributed by atoms with Crippen LogP contribution in [-0.4, -0.2) is 69.6 Å². The Morgan fingerprint density at radius 1 is 0.975 bits per heavy atom. The van der Waals surface area contributed by atoms with E-state index in [0.717, 1.165) is 35.7 Å². The average Bonchev–Trinajstić information content (AvgIpc) is 3.27. The van der Waals surface area contributed by atoms with Gasteiger partial charge >= 0.3 is 5.97 Å². The van der Waals surface area contributed by atoms with E-state index in [1.165, 1.54) is 0 Å². The number of anilines is 1. The number of amides is 2. The molecule has 210 valence electrons. The van der Waals surface area contributed by atoms with Crippen LogP contribution in [0.15, 0.2) is 66.8 Å². The summed E-state index contributed by atoms with van der Waals surface area (Å²) < 4.78 is 4.15. The van der Waals surface area contributed by atoms with Crippen LogP contribution in [0.1, 0.15) is 39.0 Å². The third-order valence-electron chi connectivity index (χ3n) is 8.85. The fraction of sp³-hybridized carbons (Fsp3) is 0.469. The van der Waals surface area contributed by atoms with E-state index in [2.05, 4.69) is 12.2 Å². The van der Waals surface area contributed by atoms with Gasteiger partial charge in [-0.05, 0) is 61.9 Å². The molecule has 40 heavy (non-hydrogen) atoms. The van der Waals surface area contributed by atoms with Gasteiger partial charge in [-0.3, -0.25) is 14.4 Å². The van der Waals surface area contributed by atoms with E-state index in [1.54, 1.807) is 21.6 Å². The molecular weight excluding hydrogens is 524 g/mol. The third kappa shape index (κ3) is 4.36. The van der Waals surface area contributed by atoms with Crippen LogP contribution in [0.25, 0.3) is 10.8 Å². The zero-order chi connectivity index (χ0) is 27.9. The van der Waals surface area contributed by atoms with Crippen molar-refractivity contribution in [1.82, 2.24) is 4.90 Å². The topological polar surface area (TPSA) is 87.1 Å². The number of likely N-dealkylation sites (tertiary alicyclic amines) is 1. The maximum absolute atomic E-state index is 14.6. The van der Waals surface area contributed by atoms with Crippen LogP contribution in [0, 0.1) is 11.8 Å². The Morgan fingerprint density at radius 2 is 1.80 bits per heavy atom. The molecule has 7 nitrogen and oxygen atoms in total. The first kappa shape index (κ1) is 27.1. The van der Waals surface area contributed by atoms with Crippen molar-refractivity contribution in [2.24, 2.45) is 11.8 Å². The molecule has 0 bridgehead atoms. The van der Waals surface area contributed by atoms with Crippen molar-refractivity contribution in [3.05, 3.63) is 66.8 Å². The number of hydrogen-bond donors (Lipinski definition) is 1. The monoisotopic (exact) mass is 560 g/mol. The standard InChI is InChI=1S/C32H36N2O5S/c1-31-15-6-2-3-9-20-39-30(38)26(31)25-28(36)34(17-7-8-19-35)27-29(37)33(18-10-16-32(25,27)40-31)24-14-13-22-11-4-5-12-23(22)21-24/h4-6,10-16,21,25-27,35H,2-3,7-9,17-20H2,1H3/b15-6-/t25-,26-,27?,31+,32-/m0/s1. The number of cyclic esters (lactones) is 1. The smallest absolute Gasteiger partial charge is 0.311 e. The molecule has 0 aromatic heterocycles. The number of aliphatic hydroxyl groups excluding tert-OH is 1. The van der Waals surface area contributed by atoms with Crippen LogP contribution < -0.4 is 4.90 Å². The quantitative estimate of drug-likeness (QED) is 0.330. The van der Waals surface area contributed by atoms with Gasteiger partial charge in [-0.15, -0.1) is 11.8 Å². The normalized spacial score (nSPS) is 32.9. The van der Waals surface area contributed by atoms with Crippen LogP contribution in [0.2, 0.25) is 0 Å². The van der Waals surface area contributed by atoms with E-state index in [0.29, 0.717) is 32.5 Å². The SMILES string of the molecule is C[C@@]12/C=C\CCCCOC(=O)[C@@H]1[C@H]1C(=O)N(CCCCO)C3C(=O)N(c4ccc5ccccc5c4)CC=C[C@@]31S2. The minimum Gasteiger partial charge on any atom is -0.465 e. The second-order valence-corrected chi connectivity index (χ2v) is 13.2. The molecule has 1 unspecified atom stereocenters. The van der Waals surface area contributed by atoms with E-state index in [4.69, 9.17) is 4.74 Å².